The van der Waals surface area contributed by atoms with E-state index < -0.39 is 16.6 Å². The maximum atomic E-state index is 13.1. The third-order valence-corrected chi connectivity index (χ3v) is 17.9. The Balaban J connectivity index is 3.27. The van der Waals surface area contributed by atoms with Gasteiger partial charge in [0.2, 0.25) is 0 Å². The van der Waals surface area contributed by atoms with Crippen molar-refractivity contribution in [1.29, 1.82) is 0 Å². The minimum Gasteiger partial charge on any atom is -0.413 e. The lowest BCUT2D eigenvalue weighted by Gasteiger charge is -2.40. The lowest BCUT2D eigenvalue weighted by Crippen LogP contribution is -2.45. The second kappa shape index (κ2) is 12.8. The first-order valence-corrected chi connectivity index (χ1v) is 19.9. The van der Waals surface area contributed by atoms with Gasteiger partial charge in [0.05, 0.1) is 12.2 Å². The summed E-state index contributed by atoms with van der Waals surface area (Å²) < 4.78 is 13.8. The van der Waals surface area contributed by atoms with Crippen LogP contribution < -0.4 is 0 Å². The highest BCUT2D eigenvalue weighted by molar-refractivity contribution is 6.74. The van der Waals surface area contributed by atoms with E-state index in [1.54, 1.807) is 0 Å². The second-order valence-electron chi connectivity index (χ2n) is 14.1. The zero-order valence-electron chi connectivity index (χ0n) is 25.3. The van der Waals surface area contributed by atoms with Crippen molar-refractivity contribution in [2.45, 2.75) is 142 Å². The molecule has 3 nitrogen and oxygen atoms in total. The molecule has 4 unspecified atom stereocenters. The van der Waals surface area contributed by atoms with Gasteiger partial charge in [-0.3, -0.25) is 4.79 Å². The molecule has 1 fully saturated rings. The fourth-order valence-electron chi connectivity index (χ4n) is 4.40. The highest BCUT2D eigenvalue weighted by Crippen LogP contribution is 2.43. The van der Waals surface area contributed by atoms with Crippen LogP contribution >= 0.6 is 0 Å². The first kappa shape index (κ1) is 32.5. The van der Waals surface area contributed by atoms with E-state index in [0.29, 0.717) is 24.5 Å². The number of rotatable bonds is 13. The van der Waals surface area contributed by atoms with Crippen molar-refractivity contribution in [3.8, 4) is 0 Å². The Morgan fingerprint density at radius 3 is 2.11 bits per heavy atom. The lowest BCUT2D eigenvalue weighted by atomic mass is 9.90. The Morgan fingerprint density at radius 1 is 1.06 bits per heavy atom. The molecule has 35 heavy (non-hydrogen) atoms. The molecule has 0 saturated heterocycles. The fraction of sp³-hybridized carbons (Fsp3) is 0.833. The Labute approximate surface area is 220 Å². The van der Waals surface area contributed by atoms with E-state index in [9.17, 15) is 4.79 Å². The average molecular weight is 523 g/mol. The first-order valence-electron chi connectivity index (χ1n) is 14.0. The molecule has 0 radical (unpaired) electrons. The molecule has 1 aliphatic carbocycles. The number of hydrogen-bond donors (Lipinski definition) is 0. The Bertz CT molecular complexity index is 712. The molecule has 5 heteroatoms. The molecular weight excluding hydrogens is 464 g/mol. The van der Waals surface area contributed by atoms with Gasteiger partial charge in [0.15, 0.2) is 16.6 Å². The largest absolute Gasteiger partial charge is 0.413 e. The number of unbranched alkanes of at least 4 members (excludes halogenated alkanes) is 1. The number of allylic oxidation sites excluding steroid dienone is 1. The summed E-state index contributed by atoms with van der Waals surface area (Å²) >= 11 is 0. The molecule has 0 aromatic rings. The summed E-state index contributed by atoms with van der Waals surface area (Å²) in [6.07, 6.45) is 12.5. The van der Waals surface area contributed by atoms with Gasteiger partial charge >= 0.3 is 0 Å². The Morgan fingerprint density at radius 2 is 1.63 bits per heavy atom. The van der Waals surface area contributed by atoms with Crippen LogP contribution in [0.3, 0.4) is 0 Å². The van der Waals surface area contributed by atoms with Gasteiger partial charge in [0, 0.05) is 18.3 Å². The molecule has 0 heterocycles. The van der Waals surface area contributed by atoms with Crippen LogP contribution in [-0.4, -0.2) is 34.6 Å². The van der Waals surface area contributed by atoms with Crippen molar-refractivity contribution < 1.29 is 13.6 Å². The van der Waals surface area contributed by atoms with Crippen LogP contribution in [0, 0.1) is 17.8 Å². The SMILES string of the molecule is C=CCC1C(=O)CC(O[Si](C)(C)C(C)(C)C)C1/C=C/[C@H](CC(C)CCCC)O[Si](C)(C)C(C)(C)C. The van der Waals surface area contributed by atoms with Crippen LogP contribution in [0.25, 0.3) is 0 Å². The molecule has 0 amide bonds. The lowest BCUT2D eigenvalue weighted by molar-refractivity contribution is -0.121. The van der Waals surface area contributed by atoms with Crippen molar-refractivity contribution in [2.24, 2.45) is 17.8 Å². The van der Waals surface area contributed by atoms with E-state index in [4.69, 9.17) is 8.85 Å². The van der Waals surface area contributed by atoms with Crippen LogP contribution in [0.5, 0.6) is 0 Å². The zero-order valence-corrected chi connectivity index (χ0v) is 27.3. The number of ketones is 1. The Hall–Kier alpha value is -0.496. The minimum atomic E-state index is -1.99. The maximum absolute atomic E-state index is 13.1. The fourth-order valence-corrected chi connectivity index (χ4v) is 7.04. The molecule has 0 spiro atoms. The predicted molar refractivity (Wildman–Crippen MR) is 158 cm³/mol. The molecule has 0 bridgehead atoms. The van der Waals surface area contributed by atoms with Gasteiger partial charge < -0.3 is 8.85 Å². The molecule has 1 saturated carbocycles. The molecule has 1 aliphatic rings. The predicted octanol–water partition coefficient (Wildman–Crippen LogP) is 9.32. The van der Waals surface area contributed by atoms with E-state index in [-0.39, 0.29) is 34.1 Å². The minimum absolute atomic E-state index is 0.0374. The highest BCUT2D eigenvalue weighted by Gasteiger charge is 2.47. The summed E-state index contributed by atoms with van der Waals surface area (Å²) in [6.45, 7) is 31.5. The van der Waals surface area contributed by atoms with Crippen LogP contribution in [0.4, 0.5) is 0 Å². The number of hydrogen-bond acceptors (Lipinski definition) is 3. The van der Waals surface area contributed by atoms with Crippen LogP contribution in [0.15, 0.2) is 24.8 Å². The smallest absolute Gasteiger partial charge is 0.192 e. The molecule has 0 aromatic carbocycles. The van der Waals surface area contributed by atoms with Gasteiger partial charge in [-0.15, -0.1) is 6.58 Å². The van der Waals surface area contributed by atoms with Crippen LogP contribution in [0.1, 0.15) is 93.9 Å². The molecule has 0 aliphatic heterocycles. The summed E-state index contributed by atoms with van der Waals surface area (Å²) in [5.74, 6) is 0.986. The summed E-state index contributed by atoms with van der Waals surface area (Å²) in [5.41, 5.74) is 0. The van der Waals surface area contributed by atoms with E-state index >= 15 is 0 Å². The second-order valence-corrected chi connectivity index (χ2v) is 23.6. The van der Waals surface area contributed by atoms with Gasteiger partial charge in [-0.1, -0.05) is 92.9 Å². The summed E-state index contributed by atoms with van der Waals surface area (Å²) in [7, 11) is -3.92. The maximum Gasteiger partial charge on any atom is 0.192 e. The van der Waals surface area contributed by atoms with Gasteiger partial charge in [0.25, 0.3) is 0 Å². The van der Waals surface area contributed by atoms with Gasteiger partial charge in [0.1, 0.15) is 5.78 Å². The van der Waals surface area contributed by atoms with Gasteiger partial charge in [-0.2, -0.15) is 0 Å². The standard InChI is InChI=1S/C30H58O3Si2/c1-14-16-18-23(3)21-24(32-34(10,11)29(4,5)6)19-20-26-25(17-15-2)27(31)22-28(26)33-35(12,13)30(7,8)9/h15,19-20,23-26,28H,2,14,16-18,21-22H2,1,3-13H3/b20-19+/t23?,24-,25?,26?,28?/m1/s1. The topological polar surface area (TPSA) is 35.5 Å². The highest BCUT2D eigenvalue weighted by atomic mass is 28.4. The van der Waals surface area contributed by atoms with Gasteiger partial charge in [-0.05, 0) is 55.0 Å². The van der Waals surface area contributed by atoms with E-state index in [2.05, 4.69) is 100 Å². The van der Waals surface area contributed by atoms with E-state index in [1.165, 1.54) is 19.3 Å². The normalized spacial score (nSPS) is 24.2. The summed E-state index contributed by atoms with van der Waals surface area (Å²) in [5, 5.41) is 0.276. The first-order chi connectivity index (χ1) is 15.9. The van der Waals surface area contributed by atoms with Crippen molar-refractivity contribution in [1.82, 2.24) is 0 Å². The summed E-state index contributed by atoms with van der Waals surface area (Å²) in [4.78, 5) is 13.1. The zero-order chi connectivity index (χ0) is 27.2. The van der Waals surface area contributed by atoms with Crippen molar-refractivity contribution in [3.05, 3.63) is 24.8 Å². The summed E-state index contributed by atoms with van der Waals surface area (Å²) in [6, 6.07) is 0. The Kier molecular flexibility index (Phi) is 11.9. The monoisotopic (exact) mass is 522 g/mol. The van der Waals surface area contributed by atoms with Crippen LogP contribution in [0.2, 0.25) is 36.3 Å². The molecule has 0 aromatic heterocycles. The van der Waals surface area contributed by atoms with Crippen molar-refractivity contribution >= 4 is 22.4 Å². The van der Waals surface area contributed by atoms with Gasteiger partial charge in [-0.25, -0.2) is 0 Å². The average Bonchev–Trinajstić information content (AvgIpc) is 2.96. The number of Topliss-reactive ketones (excluding diaryl/α,β-unsaturated/α-hetero) is 1. The van der Waals surface area contributed by atoms with E-state index in [1.807, 2.05) is 6.08 Å². The number of carbonyl (C=O) groups excluding carboxylic acids is 1. The quantitative estimate of drug-likeness (QED) is 0.178. The third kappa shape index (κ3) is 9.39. The number of carbonyl (C=O) groups is 1. The third-order valence-electron chi connectivity index (χ3n) is 8.87. The van der Waals surface area contributed by atoms with Crippen LogP contribution in [-0.2, 0) is 13.6 Å². The molecular formula is C30H58O3Si2. The van der Waals surface area contributed by atoms with Crippen molar-refractivity contribution in [2.75, 3.05) is 0 Å². The van der Waals surface area contributed by atoms with E-state index in [0.717, 1.165) is 6.42 Å². The molecule has 5 atom stereocenters. The van der Waals surface area contributed by atoms with Crippen molar-refractivity contribution in [3.63, 3.8) is 0 Å². The molecule has 204 valence electrons. The molecule has 1 rings (SSSR count). The molecule has 0 N–H and O–H groups in total.